The van der Waals surface area contributed by atoms with Crippen LogP contribution in [-0.2, 0) is 9.53 Å². The highest BCUT2D eigenvalue weighted by atomic mass is 16.5. The van der Waals surface area contributed by atoms with Crippen LogP contribution in [0.4, 0.5) is 0 Å². The highest BCUT2D eigenvalue weighted by Crippen LogP contribution is 1.91. The number of carbonyl (C=O) groups excluding carboxylic acids is 1. The van der Waals surface area contributed by atoms with Gasteiger partial charge in [-0.15, -0.1) is 0 Å². The van der Waals surface area contributed by atoms with E-state index in [0.717, 1.165) is 32.7 Å². The van der Waals surface area contributed by atoms with Crippen molar-refractivity contribution in [1.82, 2.24) is 15.5 Å². The summed E-state index contributed by atoms with van der Waals surface area (Å²) < 4.78 is 4.92. The first kappa shape index (κ1) is 12.4. The fourth-order valence-electron chi connectivity index (χ4n) is 1.52. The largest absolute Gasteiger partial charge is 0.372 e. The summed E-state index contributed by atoms with van der Waals surface area (Å²) in [6.07, 6.45) is -0.354. The van der Waals surface area contributed by atoms with Crippen LogP contribution in [0.15, 0.2) is 0 Å². The van der Waals surface area contributed by atoms with E-state index in [1.54, 1.807) is 14.0 Å². The molecule has 2 N–H and O–H groups in total. The molecule has 0 aromatic carbocycles. The SMILES string of the molecule is COC(C)C(=O)NCCN1CCNCC1. The zero-order chi connectivity index (χ0) is 11.1. The highest BCUT2D eigenvalue weighted by Gasteiger charge is 2.12. The monoisotopic (exact) mass is 215 g/mol. The molecule has 1 amide bonds. The van der Waals surface area contributed by atoms with Crippen LogP contribution in [0, 0.1) is 0 Å². The fraction of sp³-hybridized carbons (Fsp3) is 0.900. The lowest BCUT2D eigenvalue weighted by atomic mass is 10.3. The van der Waals surface area contributed by atoms with E-state index < -0.39 is 0 Å². The third-order valence-electron chi connectivity index (χ3n) is 2.66. The third-order valence-corrected chi connectivity index (χ3v) is 2.66. The second kappa shape index (κ2) is 6.76. The van der Waals surface area contributed by atoms with Crippen molar-refractivity contribution >= 4 is 5.91 Å². The van der Waals surface area contributed by atoms with Crippen molar-refractivity contribution in [1.29, 1.82) is 0 Å². The van der Waals surface area contributed by atoms with Crippen LogP contribution in [0.25, 0.3) is 0 Å². The van der Waals surface area contributed by atoms with Crippen LogP contribution in [0.1, 0.15) is 6.92 Å². The minimum Gasteiger partial charge on any atom is -0.372 e. The first-order valence-electron chi connectivity index (χ1n) is 5.47. The van der Waals surface area contributed by atoms with E-state index in [2.05, 4.69) is 15.5 Å². The molecule has 0 saturated carbocycles. The summed E-state index contributed by atoms with van der Waals surface area (Å²) >= 11 is 0. The van der Waals surface area contributed by atoms with Crippen LogP contribution in [-0.4, -0.2) is 63.3 Å². The third kappa shape index (κ3) is 4.59. The average Bonchev–Trinajstić information content (AvgIpc) is 2.29. The summed E-state index contributed by atoms with van der Waals surface area (Å²) in [5.74, 6) is -0.0346. The Morgan fingerprint density at radius 2 is 2.20 bits per heavy atom. The number of hydrogen-bond acceptors (Lipinski definition) is 4. The molecule has 1 saturated heterocycles. The molecule has 1 aliphatic heterocycles. The predicted octanol–water partition coefficient (Wildman–Crippen LogP) is -0.957. The Balaban J connectivity index is 2.07. The van der Waals surface area contributed by atoms with E-state index in [0.29, 0.717) is 6.54 Å². The molecule has 0 radical (unpaired) electrons. The van der Waals surface area contributed by atoms with Gasteiger partial charge in [0.1, 0.15) is 6.10 Å². The van der Waals surface area contributed by atoms with E-state index in [1.165, 1.54) is 0 Å². The molecule has 5 heteroatoms. The Morgan fingerprint density at radius 3 is 2.80 bits per heavy atom. The van der Waals surface area contributed by atoms with Gasteiger partial charge in [0.05, 0.1) is 0 Å². The van der Waals surface area contributed by atoms with Crippen molar-refractivity contribution in [2.75, 3.05) is 46.4 Å². The summed E-state index contributed by atoms with van der Waals surface area (Å²) in [5.41, 5.74) is 0. The van der Waals surface area contributed by atoms with Crippen molar-refractivity contribution in [2.24, 2.45) is 0 Å². The van der Waals surface area contributed by atoms with Gasteiger partial charge in [-0.2, -0.15) is 0 Å². The zero-order valence-corrected chi connectivity index (χ0v) is 9.58. The van der Waals surface area contributed by atoms with Crippen LogP contribution < -0.4 is 10.6 Å². The van der Waals surface area contributed by atoms with Gasteiger partial charge in [0.15, 0.2) is 0 Å². The van der Waals surface area contributed by atoms with Crippen LogP contribution >= 0.6 is 0 Å². The minimum atomic E-state index is -0.354. The summed E-state index contributed by atoms with van der Waals surface area (Å²) in [7, 11) is 1.54. The molecule has 0 aliphatic carbocycles. The first-order chi connectivity index (χ1) is 7.24. The Morgan fingerprint density at radius 1 is 1.53 bits per heavy atom. The van der Waals surface area contributed by atoms with Crippen molar-refractivity contribution in [2.45, 2.75) is 13.0 Å². The fourth-order valence-corrected chi connectivity index (χ4v) is 1.52. The van der Waals surface area contributed by atoms with Gasteiger partial charge in [-0.1, -0.05) is 0 Å². The smallest absolute Gasteiger partial charge is 0.248 e. The number of methoxy groups -OCH3 is 1. The molecule has 0 bridgehead atoms. The molecule has 0 spiro atoms. The van der Waals surface area contributed by atoms with Crippen molar-refractivity contribution in [3.8, 4) is 0 Å². The molecule has 1 unspecified atom stereocenters. The second-order valence-corrected chi connectivity index (χ2v) is 3.76. The molecule has 88 valence electrons. The summed E-state index contributed by atoms with van der Waals surface area (Å²) in [5, 5.41) is 6.15. The van der Waals surface area contributed by atoms with E-state index in [1.807, 2.05) is 0 Å². The molecule has 1 fully saturated rings. The van der Waals surface area contributed by atoms with Crippen LogP contribution in [0.5, 0.6) is 0 Å². The summed E-state index contributed by atoms with van der Waals surface area (Å²) in [6, 6.07) is 0. The molecular weight excluding hydrogens is 194 g/mol. The molecule has 1 aliphatic rings. The summed E-state index contributed by atoms with van der Waals surface area (Å²) in [6.45, 7) is 7.59. The molecular formula is C10H21N3O2. The van der Waals surface area contributed by atoms with Gasteiger partial charge in [-0.3, -0.25) is 9.69 Å². The Kier molecular flexibility index (Phi) is 5.60. The predicted molar refractivity (Wildman–Crippen MR) is 58.8 cm³/mol. The number of rotatable bonds is 5. The lowest BCUT2D eigenvalue weighted by Crippen LogP contribution is -2.47. The van der Waals surface area contributed by atoms with Gasteiger partial charge in [0.2, 0.25) is 5.91 Å². The Bertz CT molecular complexity index is 193. The van der Waals surface area contributed by atoms with E-state index in [4.69, 9.17) is 4.74 Å². The molecule has 0 aromatic heterocycles. The lowest BCUT2D eigenvalue weighted by molar-refractivity contribution is -0.130. The number of amides is 1. The van der Waals surface area contributed by atoms with Gasteiger partial charge < -0.3 is 15.4 Å². The maximum Gasteiger partial charge on any atom is 0.248 e. The van der Waals surface area contributed by atoms with E-state index in [9.17, 15) is 4.79 Å². The Hall–Kier alpha value is -0.650. The maximum absolute atomic E-state index is 11.3. The zero-order valence-electron chi connectivity index (χ0n) is 9.58. The minimum absolute atomic E-state index is 0.0346. The number of carbonyl (C=O) groups is 1. The quantitative estimate of drug-likeness (QED) is 0.620. The van der Waals surface area contributed by atoms with E-state index >= 15 is 0 Å². The van der Waals surface area contributed by atoms with Gasteiger partial charge >= 0.3 is 0 Å². The maximum atomic E-state index is 11.3. The standard InChI is InChI=1S/C10H21N3O2/c1-9(15-2)10(14)12-5-8-13-6-3-11-4-7-13/h9,11H,3-8H2,1-2H3,(H,12,14). The summed E-state index contributed by atoms with van der Waals surface area (Å²) in [4.78, 5) is 13.7. The first-order valence-corrected chi connectivity index (χ1v) is 5.47. The number of nitrogens with one attached hydrogen (secondary N) is 2. The molecule has 0 aromatic rings. The number of nitrogens with zero attached hydrogens (tertiary/aromatic N) is 1. The second-order valence-electron chi connectivity index (χ2n) is 3.76. The van der Waals surface area contributed by atoms with Crippen LogP contribution in [0.2, 0.25) is 0 Å². The molecule has 1 heterocycles. The topological polar surface area (TPSA) is 53.6 Å². The van der Waals surface area contributed by atoms with Gasteiger partial charge in [0, 0.05) is 46.4 Å². The number of hydrogen-bond donors (Lipinski definition) is 2. The van der Waals surface area contributed by atoms with Gasteiger partial charge in [-0.25, -0.2) is 0 Å². The highest BCUT2D eigenvalue weighted by molar-refractivity contribution is 5.80. The lowest BCUT2D eigenvalue weighted by Gasteiger charge is -2.27. The molecule has 1 atom stereocenters. The van der Waals surface area contributed by atoms with Crippen molar-refractivity contribution < 1.29 is 9.53 Å². The number of piperazine rings is 1. The van der Waals surface area contributed by atoms with E-state index in [-0.39, 0.29) is 12.0 Å². The van der Waals surface area contributed by atoms with Crippen LogP contribution in [0.3, 0.4) is 0 Å². The average molecular weight is 215 g/mol. The van der Waals surface area contributed by atoms with Gasteiger partial charge in [-0.05, 0) is 6.92 Å². The normalized spacial score (nSPS) is 19.9. The molecule has 1 rings (SSSR count). The van der Waals surface area contributed by atoms with Crippen molar-refractivity contribution in [3.63, 3.8) is 0 Å². The molecule has 15 heavy (non-hydrogen) atoms. The van der Waals surface area contributed by atoms with Gasteiger partial charge in [0.25, 0.3) is 0 Å². The Labute approximate surface area is 91.2 Å². The molecule has 5 nitrogen and oxygen atoms in total. The van der Waals surface area contributed by atoms with Crippen molar-refractivity contribution in [3.05, 3.63) is 0 Å². The number of ether oxygens (including phenoxy) is 1.